The van der Waals surface area contributed by atoms with Gasteiger partial charge in [0, 0.05) is 6.42 Å². The van der Waals surface area contributed by atoms with Crippen LogP contribution in [-0.2, 0) is 23.9 Å². The second-order valence-electron chi connectivity index (χ2n) is 5.82. The van der Waals surface area contributed by atoms with Crippen molar-refractivity contribution in [3.63, 3.8) is 0 Å². The minimum Gasteiger partial charge on any atom is -0.468 e. The molecule has 0 N–H and O–H groups in total. The molecule has 0 saturated heterocycles. The number of hydrogen-bond acceptors (Lipinski definition) is 5. The Morgan fingerprint density at radius 2 is 1.86 bits per heavy atom. The van der Waals surface area contributed by atoms with E-state index in [4.69, 9.17) is 9.47 Å². The summed E-state index contributed by atoms with van der Waals surface area (Å²) < 4.78 is 10.8. The van der Waals surface area contributed by atoms with Gasteiger partial charge >= 0.3 is 11.9 Å². The Morgan fingerprint density at radius 1 is 1.32 bits per heavy atom. The van der Waals surface area contributed by atoms with Crippen molar-refractivity contribution in [2.45, 2.75) is 39.5 Å². The average Bonchev–Trinajstić information content (AvgIpc) is 2.86. The molecule has 0 bridgehead atoms. The first-order valence-corrected chi connectivity index (χ1v) is 8.37. The molecule has 2 atom stereocenters. The van der Waals surface area contributed by atoms with E-state index in [-0.39, 0.29) is 18.8 Å². The van der Waals surface area contributed by atoms with E-state index in [0.717, 1.165) is 12.8 Å². The van der Waals surface area contributed by atoms with E-state index in [2.05, 4.69) is 29.5 Å². The molecule has 22 heavy (non-hydrogen) atoms. The molecule has 5 nitrogen and oxygen atoms in total. The highest BCUT2D eigenvalue weighted by molar-refractivity contribution is 14.1. The monoisotopic (exact) mass is 422 g/mol. The van der Waals surface area contributed by atoms with Gasteiger partial charge in [0.25, 0.3) is 0 Å². The maximum atomic E-state index is 12.3. The number of carbonyl (C=O) groups is 3. The molecular weight excluding hydrogens is 399 g/mol. The molecule has 0 aromatic heterocycles. The molecule has 1 rings (SSSR count). The lowest BCUT2D eigenvalue weighted by Gasteiger charge is -2.31. The second kappa shape index (κ2) is 8.08. The highest BCUT2D eigenvalue weighted by Gasteiger charge is 2.51. The van der Waals surface area contributed by atoms with Crippen LogP contribution >= 0.6 is 22.6 Å². The number of rotatable bonds is 6. The minimum atomic E-state index is -1.55. The molecule has 0 aromatic carbocycles. The largest absolute Gasteiger partial charge is 0.468 e. The first-order valence-electron chi connectivity index (χ1n) is 7.29. The van der Waals surface area contributed by atoms with Crippen LogP contribution in [0.3, 0.4) is 0 Å². The summed E-state index contributed by atoms with van der Waals surface area (Å²) in [5, 5.41) is 0. The van der Waals surface area contributed by atoms with Crippen molar-refractivity contribution < 1.29 is 23.9 Å². The van der Waals surface area contributed by atoms with Crippen LogP contribution in [0, 0.1) is 17.3 Å². The number of aldehydes is 1. The van der Waals surface area contributed by atoms with E-state index in [1.165, 1.54) is 23.4 Å². The zero-order valence-electron chi connectivity index (χ0n) is 13.5. The highest BCUT2D eigenvalue weighted by atomic mass is 127. The van der Waals surface area contributed by atoms with Crippen LogP contribution in [0.15, 0.2) is 9.15 Å². The van der Waals surface area contributed by atoms with Crippen molar-refractivity contribution in [3.8, 4) is 0 Å². The molecule has 0 radical (unpaired) electrons. The normalized spacial score (nSPS) is 23.9. The van der Waals surface area contributed by atoms with E-state index in [1.807, 2.05) is 6.92 Å². The maximum Gasteiger partial charge on any atom is 0.323 e. The summed E-state index contributed by atoms with van der Waals surface area (Å²) >= 11 is 2.27. The van der Waals surface area contributed by atoms with Gasteiger partial charge in [-0.05, 0) is 64.2 Å². The molecule has 1 aliphatic carbocycles. The lowest BCUT2D eigenvalue weighted by atomic mass is 9.73. The fraction of sp³-hybridized carbons (Fsp3) is 0.688. The Morgan fingerprint density at radius 3 is 2.27 bits per heavy atom. The predicted molar refractivity (Wildman–Crippen MR) is 90.4 cm³/mol. The molecule has 0 spiro atoms. The summed E-state index contributed by atoms with van der Waals surface area (Å²) in [6.45, 7) is 4.14. The number of ether oxygens (including phenoxy) is 2. The van der Waals surface area contributed by atoms with Gasteiger partial charge in [-0.1, -0.05) is 12.5 Å². The molecule has 0 aliphatic heterocycles. The third-order valence-electron chi connectivity index (χ3n) is 4.60. The molecule has 1 saturated carbocycles. The number of esters is 2. The van der Waals surface area contributed by atoms with Gasteiger partial charge in [-0.25, -0.2) is 0 Å². The summed E-state index contributed by atoms with van der Waals surface area (Å²) in [4.78, 5) is 35.7. The number of halogens is 1. The van der Waals surface area contributed by atoms with E-state index in [0.29, 0.717) is 12.2 Å². The Hall–Kier alpha value is -0.920. The molecule has 1 fully saturated rings. The quantitative estimate of drug-likeness (QED) is 0.285. The number of hydrogen-bond donors (Lipinski definition) is 0. The maximum absolute atomic E-state index is 12.3. The van der Waals surface area contributed by atoms with Crippen LogP contribution in [0.5, 0.6) is 0 Å². The smallest absolute Gasteiger partial charge is 0.323 e. The minimum absolute atomic E-state index is 0.0787. The van der Waals surface area contributed by atoms with Gasteiger partial charge in [-0.2, -0.15) is 0 Å². The first kappa shape index (κ1) is 19.1. The topological polar surface area (TPSA) is 69.7 Å². The van der Waals surface area contributed by atoms with Gasteiger partial charge in [-0.3, -0.25) is 9.59 Å². The van der Waals surface area contributed by atoms with Crippen LogP contribution in [0.1, 0.15) is 39.5 Å². The Balaban J connectivity index is 3.27. The van der Waals surface area contributed by atoms with Gasteiger partial charge < -0.3 is 14.3 Å². The van der Waals surface area contributed by atoms with Crippen LogP contribution in [0.4, 0.5) is 0 Å². The molecule has 124 valence electrons. The molecule has 1 aliphatic rings. The summed E-state index contributed by atoms with van der Waals surface area (Å²) in [5.41, 5.74) is -0.289. The van der Waals surface area contributed by atoms with Crippen LogP contribution in [-0.4, -0.2) is 32.4 Å². The van der Waals surface area contributed by atoms with E-state index >= 15 is 0 Å². The summed E-state index contributed by atoms with van der Waals surface area (Å²) in [6, 6.07) is 0. The summed E-state index contributed by atoms with van der Waals surface area (Å²) in [7, 11) is 2.45. The Bertz CT molecular complexity index is 463. The molecule has 0 amide bonds. The first-order chi connectivity index (χ1) is 10.3. The van der Waals surface area contributed by atoms with Crippen molar-refractivity contribution in [1.82, 2.24) is 0 Å². The Kier molecular flexibility index (Phi) is 7.02. The molecule has 0 unspecified atom stereocenters. The van der Waals surface area contributed by atoms with Gasteiger partial charge in [0.05, 0.1) is 14.2 Å². The summed E-state index contributed by atoms with van der Waals surface area (Å²) in [6.07, 6.45) is 2.60. The van der Waals surface area contributed by atoms with E-state index in [1.54, 1.807) is 0 Å². The zero-order chi connectivity index (χ0) is 16.9. The Labute approximate surface area is 144 Å². The van der Waals surface area contributed by atoms with Crippen molar-refractivity contribution in [3.05, 3.63) is 9.15 Å². The van der Waals surface area contributed by atoms with Gasteiger partial charge in [0.15, 0.2) is 5.41 Å². The SMILES string of the molecule is COC(=O)C(CC=O)(C[C@H]1/C(=C(/C)I)CC[C@@H]1C)C(=O)OC. The highest BCUT2D eigenvalue weighted by Crippen LogP contribution is 2.47. The van der Waals surface area contributed by atoms with Gasteiger partial charge in [0.2, 0.25) is 0 Å². The third-order valence-corrected chi connectivity index (χ3v) is 5.29. The van der Waals surface area contributed by atoms with E-state index < -0.39 is 17.4 Å². The van der Waals surface area contributed by atoms with Gasteiger partial charge in [0.1, 0.15) is 6.29 Å². The van der Waals surface area contributed by atoms with E-state index in [9.17, 15) is 14.4 Å². The lowest BCUT2D eigenvalue weighted by molar-refractivity contribution is -0.171. The molecule has 0 heterocycles. The number of carbonyl (C=O) groups excluding carboxylic acids is 3. The standard InChI is InChI=1S/C16H23IO5/c1-10-5-6-12(11(2)17)13(10)9-16(7-8-18,14(19)21-3)15(20)22-4/h8,10,13H,5-7,9H2,1-4H3/b12-11-/t10-,13+/m0/s1. The van der Waals surface area contributed by atoms with Crippen LogP contribution in [0.2, 0.25) is 0 Å². The molecule has 6 heteroatoms. The van der Waals surface area contributed by atoms with Crippen LogP contribution < -0.4 is 0 Å². The average molecular weight is 422 g/mol. The lowest BCUT2D eigenvalue weighted by Crippen LogP contribution is -2.43. The van der Waals surface area contributed by atoms with Gasteiger partial charge in [-0.15, -0.1) is 0 Å². The predicted octanol–water partition coefficient (Wildman–Crippen LogP) is 3.05. The molecular formula is C16H23IO5. The van der Waals surface area contributed by atoms with Crippen molar-refractivity contribution in [1.29, 1.82) is 0 Å². The van der Waals surface area contributed by atoms with Crippen LogP contribution in [0.25, 0.3) is 0 Å². The van der Waals surface area contributed by atoms with Crippen molar-refractivity contribution in [2.24, 2.45) is 17.3 Å². The zero-order valence-corrected chi connectivity index (χ0v) is 15.6. The summed E-state index contributed by atoms with van der Waals surface area (Å²) in [5.74, 6) is -0.970. The third kappa shape index (κ3) is 3.70. The number of allylic oxidation sites excluding steroid dienone is 2. The second-order valence-corrected chi connectivity index (χ2v) is 7.44. The number of methoxy groups -OCH3 is 2. The van der Waals surface area contributed by atoms with Crippen molar-refractivity contribution >= 4 is 40.8 Å². The fourth-order valence-electron chi connectivity index (χ4n) is 3.27. The molecule has 0 aromatic rings. The fourth-order valence-corrected chi connectivity index (χ4v) is 3.94. The van der Waals surface area contributed by atoms with Crippen molar-refractivity contribution in [2.75, 3.05) is 14.2 Å².